The highest BCUT2D eigenvalue weighted by Crippen LogP contribution is 2.28. The van der Waals surface area contributed by atoms with Crippen molar-refractivity contribution in [2.45, 2.75) is 13.8 Å². The van der Waals surface area contributed by atoms with E-state index in [1.807, 2.05) is 0 Å². The van der Waals surface area contributed by atoms with E-state index in [0.29, 0.717) is 21.8 Å². The number of aryl methyl sites for hydroxylation is 1. The third-order valence-corrected chi connectivity index (χ3v) is 5.10. The lowest BCUT2D eigenvalue weighted by molar-refractivity contribution is -0.119. The maximum Gasteiger partial charge on any atom is 0.349 e. The highest BCUT2D eigenvalue weighted by molar-refractivity contribution is 7.18. The molecule has 9 heteroatoms. The standard InChI is InChI=1S/C21H18N2O6S/c1-12-9-18(23-20(26)16-7-4-8-28-16)30-19(12)21(27)29-11-17(25)22-15-6-3-5-14(10-15)13(2)24/h3-10H,11H2,1-2H3,(H,22,25)(H,23,26). The first-order valence-electron chi connectivity index (χ1n) is 8.86. The van der Waals surface area contributed by atoms with Gasteiger partial charge in [0.1, 0.15) is 4.88 Å². The normalized spacial score (nSPS) is 10.3. The minimum atomic E-state index is -0.677. The van der Waals surface area contributed by atoms with Crippen molar-refractivity contribution in [2.75, 3.05) is 17.2 Å². The molecule has 0 spiro atoms. The van der Waals surface area contributed by atoms with E-state index in [0.717, 1.165) is 11.3 Å². The van der Waals surface area contributed by atoms with E-state index >= 15 is 0 Å². The van der Waals surface area contributed by atoms with Gasteiger partial charge in [0.15, 0.2) is 18.2 Å². The van der Waals surface area contributed by atoms with Crippen molar-refractivity contribution in [1.29, 1.82) is 0 Å². The van der Waals surface area contributed by atoms with E-state index in [4.69, 9.17) is 9.15 Å². The summed E-state index contributed by atoms with van der Waals surface area (Å²) in [5, 5.41) is 5.67. The Balaban J connectivity index is 1.56. The smallest absolute Gasteiger partial charge is 0.349 e. The van der Waals surface area contributed by atoms with Gasteiger partial charge in [-0.3, -0.25) is 14.4 Å². The zero-order chi connectivity index (χ0) is 21.7. The predicted molar refractivity (Wildman–Crippen MR) is 111 cm³/mol. The van der Waals surface area contributed by atoms with Crippen LogP contribution in [0.3, 0.4) is 0 Å². The van der Waals surface area contributed by atoms with Gasteiger partial charge in [0.2, 0.25) is 0 Å². The van der Waals surface area contributed by atoms with Crippen molar-refractivity contribution in [3.8, 4) is 0 Å². The lowest BCUT2D eigenvalue weighted by Gasteiger charge is -2.07. The number of amides is 2. The molecule has 0 aliphatic heterocycles. The van der Waals surface area contributed by atoms with Gasteiger partial charge in [-0.25, -0.2) is 4.79 Å². The first-order valence-corrected chi connectivity index (χ1v) is 9.68. The molecule has 0 saturated carbocycles. The van der Waals surface area contributed by atoms with Crippen LogP contribution in [0.15, 0.2) is 53.1 Å². The Kier molecular flexibility index (Phi) is 6.43. The van der Waals surface area contributed by atoms with E-state index < -0.39 is 24.4 Å². The summed E-state index contributed by atoms with van der Waals surface area (Å²) < 4.78 is 10.1. The van der Waals surface area contributed by atoms with Crippen LogP contribution in [-0.2, 0) is 9.53 Å². The van der Waals surface area contributed by atoms with Crippen LogP contribution in [0.1, 0.15) is 43.1 Å². The van der Waals surface area contributed by atoms with Crippen molar-refractivity contribution in [2.24, 2.45) is 0 Å². The number of Topliss-reactive ketones (excluding diaryl/α,β-unsaturated/α-hetero) is 1. The number of carbonyl (C=O) groups excluding carboxylic acids is 4. The molecule has 0 atom stereocenters. The van der Waals surface area contributed by atoms with Crippen LogP contribution in [-0.4, -0.2) is 30.2 Å². The molecule has 0 fully saturated rings. The molecule has 3 rings (SSSR count). The van der Waals surface area contributed by atoms with Crippen LogP contribution < -0.4 is 10.6 Å². The first-order chi connectivity index (χ1) is 14.3. The summed E-state index contributed by atoms with van der Waals surface area (Å²) in [6, 6.07) is 11.2. The van der Waals surface area contributed by atoms with Crippen LogP contribution in [0.4, 0.5) is 10.7 Å². The zero-order valence-corrected chi connectivity index (χ0v) is 17.0. The molecule has 1 aromatic carbocycles. The van der Waals surface area contributed by atoms with E-state index in [-0.39, 0.29) is 16.4 Å². The topological polar surface area (TPSA) is 115 Å². The molecule has 0 aliphatic rings. The second kappa shape index (κ2) is 9.19. The Labute approximate surface area is 175 Å². The fraction of sp³-hybridized carbons (Fsp3) is 0.143. The van der Waals surface area contributed by atoms with Crippen LogP contribution in [0, 0.1) is 6.92 Å². The second-order valence-corrected chi connectivity index (χ2v) is 7.37. The van der Waals surface area contributed by atoms with Gasteiger partial charge in [0, 0.05) is 11.3 Å². The van der Waals surface area contributed by atoms with Crippen LogP contribution in [0.25, 0.3) is 0 Å². The fourth-order valence-electron chi connectivity index (χ4n) is 2.54. The Morgan fingerprint density at radius 2 is 1.87 bits per heavy atom. The molecular weight excluding hydrogens is 408 g/mol. The molecular formula is C21H18N2O6S. The molecule has 3 aromatic rings. The first kappa shape index (κ1) is 21.0. The van der Waals surface area contributed by atoms with Crippen LogP contribution >= 0.6 is 11.3 Å². The molecule has 0 radical (unpaired) electrons. The molecule has 154 valence electrons. The highest BCUT2D eigenvalue weighted by Gasteiger charge is 2.18. The molecule has 2 N–H and O–H groups in total. The maximum absolute atomic E-state index is 12.3. The molecule has 2 heterocycles. The van der Waals surface area contributed by atoms with Gasteiger partial charge in [0.25, 0.3) is 11.8 Å². The summed E-state index contributed by atoms with van der Waals surface area (Å²) in [6.45, 7) is 2.63. The molecule has 8 nitrogen and oxygen atoms in total. The summed E-state index contributed by atoms with van der Waals surface area (Å²) in [6.07, 6.45) is 1.39. The number of hydrogen-bond acceptors (Lipinski definition) is 7. The molecule has 30 heavy (non-hydrogen) atoms. The lowest BCUT2D eigenvalue weighted by atomic mass is 10.1. The Hall–Kier alpha value is -3.72. The van der Waals surface area contributed by atoms with Crippen LogP contribution in [0.5, 0.6) is 0 Å². The summed E-state index contributed by atoms with van der Waals surface area (Å²) in [4.78, 5) is 48.1. The van der Waals surface area contributed by atoms with Crippen LogP contribution in [0.2, 0.25) is 0 Å². The summed E-state index contributed by atoms with van der Waals surface area (Å²) in [5.41, 5.74) is 1.50. The van der Waals surface area contributed by atoms with E-state index in [1.165, 1.54) is 19.3 Å². The molecule has 0 unspecified atom stereocenters. The Morgan fingerprint density at radius 1 is 1.07 bits per heavy atom. The third-order valence-electron chi connectivity index (χ3n) is 3.97. The quantitative estimate of drug-likeness (QED) is 0.437. The fourth-order valence-corrected chi connectivity index (χ4v) is 3.50. The zero-order valence-electron chi connectivity index (χ0n) is 16.2. The summed E-state index contributed by atoms with van der Waals surface area (Å²) >= 11 is 1.04. The minimum absolute atomic E-state index is 0.124. The SMILES string of the molecule is CC(=O)c1cccc(NC(=O)COC(=O)c2sc(NC(=O)c3ccco3)cc2C)c1. The summed E-state index contributed by atoms with van der Waals surface area (Å²) in [7, 11) is 0. The largest absolute Gasteiger partial charge is 0.459 e. The van der Waals surface area contributed by atoms with Gasteiger partial charge < -0.3 is 19.8 Å². The van der Waals surface area contributed by atoms with Gasteiger partial charge in [-0.1, -0.05) is 12.1 Å². The minimum Gasteiger partial charge on any atom is -0.459 e. The van der Waals surface area contributed by atoms with Crippen molar-refractivity contribution in [3.05, 3.63) is 70.5 Å². The Bertz CT molecular complexity index is 1100. The van der Waals surface area contributed by atoms with Gasteiger partial charge >= 0.3 is 5.97 Å². The number of furan rings is 1. The third kappa shape index (κ3) is 5.21. The number of rotatable bonds is 7. The van der Waals surface area contributed by atoms with Crippen molar-refractivity contribution < 1.29 is 28.3 Å². The highest BCUT2D eigenvalue weighted by atomic mass is 32.1. The number of thiophene rings is 1. The molecule has 0 bridgehead atoms. The number of anilines is 2. The van der Waals surface area contributed by atoms with Crippen molar-refractivity contribution in [3.63, 3.8) is 0 Å². The second-order valence-electron chi connectivity index (χ2n) is 6.32. The number of ketones is 1. The van der Waals surface area contributed by atoms with Crippen molar-refractivity contribution in [1.82, 2.24) is 0 Å². The lowest BCUT2D eigenvalue weighted by Crippen LogP contribution is -2.21. The van der Waals surface area contributed by atoms with Gasteiger partial charge in [0.05, 0.1) is 11.3 Å². The molecule has 0 saturated heterocycles. The van der Waals surface area contributed by atoms with E-state index in [2.05, 4.69) is 10.6 Å². The maximum atomic E-state index is 12.3. The van der Waals surface area contributed by atoms with Crippen molar-refractivity contribution >= 4 is 45.6 Å². The Morgan fingerprint density at radius 3 is 2.57 bits per heavy atom. The molecule has 2 amide bonds. The average Bonchev–Trinajstić information content (AvgIpc) is 3.36. The number of esters is 1. The number of ether oxygens (including phenoxy) is 1. The van der Waals surface area contributed by atoms with Gasteiger partial charge in [-0.2, -0.15) is 0 Å². The van der Waals surface area contributed by atoms with Gasteiger partial charge in [-0.15, -0.1) is 11.3 Å². The predicted octanol–water partition coefficient (Wildman–Crippen LogP) is 3.90. The average molecular weight is 426 g/mol. The van der Waals surface area contributed by atoms with E-state index in [9.17, 15) is 19.2 Å². The van der Waals surface area contributed by atoms with E-state index in [1.54, 1.807) is 43.3 Å². The summed E-state index contributed by atoms with van der Waals surface area (Å²) in [5.74, 6) is -1.63. The molecule has 0 aliphatic carbocycles. The number of carbonyl (C=O) groups is 4. The number of hydrogen-bond donors (Lipinski definition) is 2. The molecule has 2 aromatic heterocycles. The van der Waals surface area contributed by atoms with Gasteiger partial charge in [-0.05, 0) is 49.7 Å². The number of nitrogens with one attached hydrogen (secondary N) is 2. The monoisotopic (exact) mass is 426 g/mol. The number of benzene rings is 1.